The number of aryl methyl sites for hydroxylation is 2. The maximum Gasteiger partial charge on any atom is 0.105 e. The second-order valence-corrected chi connectivity index (χ2v) is 27.8. The summed E-state index contributed by atoms with van der Waals surface area (Å²) < 4.78 is 1.97. The molecule has 0 amide bonds. The van der Waals surface area contributed by atoms with Crippen LogP contribution in [0.25, 0.3) is 0 Å². The van der Waals surface area contributed by atoms with E-state index in [1.165, 1.54) is 63.7 Å². The molecule has 0 saturated heterocycles. The molecular formula is C77H68N2P4. The fourth-order valence-electron chi connectivity index (χ4n) is 9.15. The lowest BCUT2D eigenvalue weighted by Gasteiger charge is -2.18. The van der Waals surface area contributed by atoms with Crippen LogP contribution in [-0.2, 0) is 7.05 Å². The molecule has 2 nitrogen and oxygen atoms in total. The van der Waals surface area contributed by atoms with Crippen LogP contribution in [0.2, 0.25) is 0 Å². The number of hydrogen-bond donors (Lipinski definition) is 0. The Morgan fingerprint density at radius 1 is 0.205 bits per heavy atom. The smallest absolute Gasteiger partial charge is 0.105 e. The van der Waals surface area contributed by atoms with E-state index in [-0.39, 0.29) is 0 Å². The van der Waals surface area contributed by atoms with Crippen LogP contribution in [0.4, 0.5) is 0 Å². The molecule has 0 atom stereocenters. The van der Waals surface area contributed by atoms with Gasteiger partial charge in [-0.1, -0.05) is 364 Å². The van der Waals surface area contributed by atoms with E-state index in [1.807, 2.05) is 24.7 Å². The second kappa shape index (κ2) is 32.9. The summed E-state index contributed by atoms with van der Waals surface area (Å²) in [6, 6.07) is 129. The van der Waals surface area contributed by atoms with E-state index >= 15 is 0 Å². The van der Waals surface area contributed by atoms with Crippen LogP contribution >= 0.6 is 31.7 Å². The predicted octanol–water partition coefficient (Wildman–Crippen LogP) is 14.5. The van der Waals surface area contributed by atoms with Gasteiger partial charge in [-0.05, 0) is 102 Å². The molecule has 0 bridgehead atoms. The third-order valence-electron chi connectivity index (χ3n) is 13.2. The van der Waals surface area contributed by atoms with E-state index in [2.05, 4.69) is 369 Å². The van der Waals surface area contributed by atoms with E-state index < -0.39 is 31.7 Å². The summed E-state index contributed by atoms with van der Waals surface area (Å²) in [5.41, 5.74) is 0. The van der Waals surface area contributed by atoms with E-state index in [1.54, 1.807) is 6.20 Å². The van der Waals surface area contributed by atoms with Crippen molar-refractivity contribution in [2.75, 3.05) is 0 Å². The van der Waals surface area contributed by atoms with Crippen molar-refractivity contribution < 1.29 is 0 Å². The van der Waals surface area contributed by atoms with Crippen LogP contribution in [0.15, 0.2) is 376 Å². The summed E-state index contributed by atoms with van der Waals surface area (Å²) in [4.78, 5) is 3.98. The molecule has 0 unspecified atom stereocenters. The highest BCUT2D eigenvalue weighted by Crippen LogP contribution is 2.35. The molecule has 13 aromatic rings. The van der Waals surface area contributed by atoms with Gasteiger partial charge in [-0.2, -0.15) is 0 Å². The fraction of sp³-hybridized carbons (Fsp3) is 0.0260. The number of aromatic nitrogens is 2. The molecule has 0 radical (unpaired) electrons. The Morgan fingerprint density at radius 2 is 0.325 bits per heavy atom. The molecule has 0 spiro atoms. The molecule has 0 fully saturated rings. The standard InChI is InChI=1S/4C18H15P.C5H8N2/c4*1-4-10-16(11-5-1)19(17-12-6-2-7-13-17)18-14-8-3-9-15-18;1-5-6-3-4-7(5)2/h4*1-15H;3-4H,1-2H3. The minimum Gasteiger partial charge on any atom is -0.338 e. The van der Waals surface area contributed by atoms with E-state index in [4.69, 9.17) is 0 Å². The van der Waals surface area contributed by atoms with Gasteiger partial charge in [0.15, 0.2) is 0 Å². The maximum absolute atomic E-state index is 3.98. The number of benzene rings is 12. The molecule has 406 valence electrons. The molecule has 0 aliphatic rings. The van der Waals surface area contributed by atoms with Gasteiger partial charge >= 0.3 is 0 Å². The summed E-state index contributed by atoms with van der Waals surface area (Å²) in [5.74, 6) is 1.06. The number of rotatable bonds is 12. The predicted molar refractivity (Wildman–Crippen MR) is 369 cm³/mol. The summed E-state index contributed by atoms with van der Waals surface area (Å²) >= 11 is 0. The minimum atomic E-state index is -0.446. The van der Waals surface area contributed by atoms with Gasteiger partial charge in [0.1, 0.15) is 5.82 Å². The highest BCUT2D eigenvalue weighted by atomic mass is 31.1. The fourth-order valence-corrected chi connectivity index (χ4v) is 18.4. The van der Waals surface area contributed by atoms with Crippen molar-refractivity contribution in [3.63, 3.8) is 0 Å². The Morgan fingerprint density at radius 3 is 0.398 bits per heavy atom. The summed E-state index contributed by atoms with van der Waals surface area (Å²) in [6.45, 7) is 1.97. The third-order valence-corrected chi connectivity index (χ3v) is 23.0. The molecule has 0 aliphatic carbocycles. The van der Waals surface area contributed by atoms with Crippen LogP contribution in [0.5, 0.6) is 0 Å². The summed E-state index contributed by atoms with van der Waals surface area (Å²) in [7, 11) is 0.191. The molecule has 1 aromatic heterocycles. The molecule has 13 rings (SSSR count). The van der Waals surface area contributed by atoms with Gasteiger partial charge in [0.05, 0.1) is 0 Å². The van der Waals surface area contributed by atoms with Gasteiger partial charge in [0.25, 0.3) is 0 Å². The van der Waals surface area contributed by atoms with Gasteiger partial charge in [0.2, 0.25) is 0 Å². The largest absolute Gasteiger partial charge is 0.338 e. The first-order valence-electron chi connectivity index (χ1n) is 27.9. The van der Waals surface area contributed by atoms with Crippen LogP contribution < -0.4 is 63.7 Å². The topological polar surface area (TPSA) is 17.8 Å². The molecule has 83 heavy (non-hydrogen) atoms. The zero-order valence-corrected chi connectivity index (χ0v) is 50.6. The van der Waals surface area contributed by atoms with Crippen LogP contribution in [-0.4, -0.2) is 9.55 Å². The number of imidazole rings is 1. The molecular weight excluding hydrogens is 1080 g/mol. The molecule has 0 saturated carbocycles. The lowest BCUT2D eigenvalue weighted by molar-refractivity contribution is 0.858. The quantitative estimate of drug-likeness (QED) is 0.112. The Bertz CT molecular complexity index is 2910. The molecule has 1 heterocycles. The highest BCUT2D eigenvalue weighted by Gasteiger charge is 2.18. The minimum absolute atomic E-state index is 0.446. The van der Waals surface area contributed by atoms with Gasteiger partial charge in [-0.15, -0.1) is 0 Å². The average molecular weight is 1150 g/mol. The monoisotopic (exact) mass is 1140 g/mol. The zero-order chi connectivity index (χ0) is 56.9. The first-order chi connectivity index (χ1) is 41.1. The maximum atomic E-state index is 3.98. The van der Waals surface area contributed by atoms with Crippen molar-refractivity contribution in [2.24, 2.45) is 7.05 Å². The molecule has 0 N–H and O–H groups in total. The lowest BCUT2D eigenvalue weighted by Crippen LogP contribution is -2.20. The van der Waals surface area contributed by atoms with Crippen molar-refractivity contribution in [3.05, 3.63) is 382 Å². The zero-order valence-electron chi connectivity index (χ0n) is 47.0. The average Bonchev–Trinajstić information content (AvgIpc) is 4.04. The Hall–Kier alpha value is -8.43. The first kappa shape index (κ1) is 59.2. The van der Waals surface area contributed by atoms with Crippen molar-refractivity contribution in [3.8, 4) is 0 Å². The van der Waals surface area contributed by atoms with E-state index in [9.17, 15) is 0 Å². The molecule has 6 heteroatoms. The van der Waals surface area contributed by atoms with Crippen LogP contribution in [0, 0.1) is 6.92 Å². The van der Waals surface area contributed by atoms with E-state index in [0.717, 1.165) is 5.82 Å². The lowest BCUT2D eigenvalue weighted by atomic mass is 10.4. The normalized spacial score (nSPS) is 10.5. The van der Waals surface area contributed by atoms with Crippen molar-refractivity contribution in [1.29, 1.82) is 0 Å². The Kier molecular flexibility index (Phi) is 23.4. The van der Waals surface area contributed by atoms with Crippen LogP contribution in [0.3, 0.4) is 0 Å². The van der Waals surface area contributed by atoms with Crippen molar-refractivity contribution >= 4 is 95.3 Å². The Balaban J connectivity index is 0.000000128. The van der Waals surface area contributed by atoms with Gasteiger partial charge in [0, 0.05) is 19.4 Å². The third kappa shape index (κ3) is 17.8. The second-order valence-electron chi connectivity index (χ2n) is 19.0. The van der Waals surface area contributed by atoms with Crippen molar-refractivity contribution in [2.45, 2.75) is 6.92 Å². The molecule has 0 aliphatic heterocycles. The summed E-state index contributed by atoms with van der Waals surface area (Å²) in [6.07, 6.45) is 3.71. The van der Waals surface area contributed by atoms with E-state index in [0.29, 0.717) is 0 Å². The highest BCUT2D eigenvalue weighted by molar-refractivity contribution is 7.81. The van der Waals surface area contributed by atoms with Gasteiger partial charge < -0.3 is 4.57 Å². The first-order valence-corrected chi connectivity index (χ1v) is 33.2. The van der Waals surface area contributed by atoms with Gasteiger partial charge in [-0.25, -0.2) is 4.98 Å². The Labute approximate surface area is 498 Å². The van der Waals surface area contributed by atoms with Crippen molar-refractivity contribution in [1.82, 2.24) is 9.55 Å². The number of hydrogen-bond acceptors (Lipinski definition) is 1. The number of nitrogens with zero attached hydrogens (tertiary/aromatic N) is 2. The molecule has 12 aromatic carbocycles. The summed E-state index contributed by atoms with van der Waals surface area (Å²) in [5, 5.41) is 16.8. The SMILES string of the molecule is Cc1nccn1C.c1ccc(P(c2ccccc2)c2ccccc2)cc1.c1ccc(P(c2ccccc2)c2ccccc2)cc1.c1ccc(P(c2ccccc2)c2ccccc2)cc1.c1ccc(P(c2ccccc2)c2ccccc2)cc1. The van der Waals surface area contributed by atoms with Crippen LogP contribution in [0.1, 0.15) is 5.82 Å². The van der Waals surface area contributed by atoms with Gasteiger partial charge in [-0.3, -0.25) is 0 Å².